The van der Waals surface area contributed by atoms with Gasteiger partial charge >= 0.3 is 0 Å². The molecule has 0 radical (unpaired) electrons. The Morgan fingerprint density at radius 1 is 0.606 bits per heavy atom. The molecule has 4 aromatic carbocycles. The molecule has 0 fully saturated rings. The van der Waals surface area contributed by atoms with Crippen molar-refractivity contribution in [2.24, 2.45) is 0 Å². The summed E-state index contributed by atoms with van der Waals surface area (Å²) in [6.45, 7) is 0. The van der Waals surface area contributed by atoms with Gasteiger partial charge in [0.1, 0.15) is 5.82 Å². The standard InChI is InChI=1S/C27H19FN4S/c28-20-11-13-21(14-12-20)29-27(33)30-22-15-16-23-24(17-22)32-26(19-9-5-2-6-10-19)25(31-23)18-7-3-1-4-8-18/h1-17H,(H2,29,30,33). The Morgan fingerprint density at radius 2 is 1.12 bits per heavy atom. The van der Waals surface area contributed by atoms with Crippen molar-refractivity contribution in [3.05, 3.63) is 109 Å². The maximum Gasteiger partial charge on any atom is 0.175 e. The van der Waals surface area contributed by atoms with Crippen LogP contribution in [0.5, 0.6) is 0 Å². The molecule has 6 heteroatoms. The van der Waals surface area contributed by atoms with Crippen molar-refractivity contribution in [3.8, 4) is 22.5 Å². The van der Waals surface area contributed by atoms with Gasteiger partial charge in [-0.1, -0.05) is 60.7 Å². The highest BCUT2D eigenvalue weighted by molar-refractivity contribution is 7.80. The molecule has 0 bridgehead atoms. The van der Waals surface area contributed by atoms with Gasteiger partial charge in [-0.25, -0.2) is 14.4 Å². The molecule has 4 nitrogen and oxygen atoms in total. The van der Waals surface area contributed by atoms with Crippen LogP contribution in [0.15, 0.2) is 103 Å². The van der Waals surface area contributed by atoms with Crippen LogP contribution in [0.2, 0.25) is 0 Å². The highest BCUT2D eigenvalue weighted by Gasteiger charge is 2.13. The summed E-state index contributed by atoms with van der Waals surface area (Å²) in [6, 6.07) is 31.9. The number of anilines is 2. The largest absolute Gasteiger partial charge is 0.332 e. The Balaban J connectivity index is 1.50. The topological polar surface area (TPSA) is 49.8 Å². The number of hydrogen-bond acceptors (Lipinski definition) is 3. The average Bonchev–Trinajstić information content (AvgIpc) is 2.85. The van der Waals surface area contributed by atoms with E-state index >= 15 is 0 Å². The molecule has 2 N–H and O–H groups in total. The van der Waals surface area contributed by atoms with Crippen LogP contribution in [0, 0.1) is 5.82 Å². The lowest BCUT2D eigenvalue weighted by atomic mass is 10.0. The van der Waals surface area contributed by atoms with Crippen molar-refractivity contribution < 1.29 is 4.39 Å². The maximum absolute atomic E-state index is 13.1. The van der Waals surface area contributed by atoms with Gasteiger partial charge in [0.05, 0.1) is 22.4 Å². The number of aromatic nitrogens is 2. The fourth-order valence-electron chi connectivity index (χ4n) is 3.55. The van der Waals surface area contributed by atoms with E-state index in [1.807, 2.05) is 78.9 Å². The van der Waals surface area contributed by atoms with E-state index in [1.54, 1.807) is 12.1 Å². The average molecular weight is 451 g/mol. The summed E-state index contributed by atoms with van der Waals surface area (Å²) in [5.74, 6) is -0.295. The van der Waals surface area contributed by atoms with E-state index in [0.29, 0.717) is 10.8 Å². The van der Waals surface area contributed by atoms with Crippen LogP contribution in [-0.4, -0.2) is 15.1 Å². The first-order valence-electron chi connectivity index (χ1n) is 10.4. The van der Waals surface area contributed by atoms with Crippen molar-refractivity contribution in [3.63, 3.8) is 0 Å². The Hall–Kier alpha value is -4.16. The van der Waals surface area contributed by atoms with Gasteiger partial charge < -0.3 is 10.6 Å². The van der Waals surface area contributed by atoms with Crippen molar-refractivity contribution in [2.75, 3.05) is 10.6 Å². The molecule has 0 aliphatic rings. The second-order valence-electron chi connectivity index (χ2n) is 7.44. The molecule has 0 aliphatic heterocycles. The SMILES string of the molecule is Fc1ccc(NC(=S)Nc2ccc3nc(-c4ccccc4)c(-c4ccccc4)nc3c2)cc1. The van der Waals surface area contributed by atoms with Gasteiger partial charge in [-0.15, -0.1) is 0 Å². The number of hydrogen-bond donors (Lipinski definition) is 2. The molecule has 1 aromatic heterocycles. The van der Waals surface area contributed by atoms with Crippen molar-refractivity contribution in [1.29, 1.82) is 0 Å². The maximum atomic E-state index is 13.1. The summed E-state index contributed by atoms with van der Waals surface area (Å²) in [6.07, 6.45) is 0. The van der Waals surface area contributed by atoms with Crippen molar-refractivity contribution in [2.45, 2.75) is 0 Å². The Morgan fingerprint density at radius 3 is 1.73 bits per heavy atom. The van der Waals surface area contributed by atoms with Gasteiger partial charge in [0.25, 0.3) is 0 Å². The second kappa shape index (κ2) is 9.14. The number of benzene rings is 4. The summed E-state index contributed by atoms with van der Waals surface area (Å²) >= 11 is 5.41. The molecular formula is C27H19FN4S. The highest BCUT2D eigenvalue weighted by atomic mass is 32.1. The third kappa shape index (κ3) is 4.71. The summed E-state index contributed by atoms with van der Waals surface area (Å²) in [5.41, 5.74) is 6.69. The number of nitrogens with one attached hydrogen (secondary N) is 2. The summed E-state index contributed by atoms with van der Waals surface area (Å²) in [7, 11) is 0. The molecule has 0 atom stereocenters. The van der Waals surface area contributed by atoms with Crippen LogP contribution >= 0.6 is 12.2 Å². The zero-order valence-electron chi connectivity index (χ0n) is 17.5. The lowest BCUT2D eigenvalue weighted by Crippen LogP contribution is -2.19. The third-order valence-electron chi connectivity index (χ3n) is 5.12. The molecule has 33 heavy (non-hydrogen) atoms. The smallest absolute Gasteiger partial charge is 0.175 e. The number of rotatable bonds is 4. The van der Waals surface area contributed by atoms with E-state index in [-0.39, 0.29) is 5.82 Å². The number of thiocarbonyl (C=S) groups is 1. The minimum Gasteiger partial charge on any atom is -0.332 e. The van der Waals surface area contributed by atoms with E-state index in [0.717, 1.165) is 39.2 Å². The third-order valence-corrected chi connectivity index (χ3v) is 5.32. The molecule has 0 saturated heterocycles. The molecular weight excluding hydrogens is 431 g/mol. The summed E-state index contributed by atoms with van der Waals surface area (Å²) in [5, 5.41) is 6.61. The van der Waals surface area contributed by atoms with Crippen LogP contribution in [0.25, 0.3) is 33.5 Å². The number of fused-ring (bicyclic) bond motifs is 1. The van der Waals surface area contributed by atoms with Gasteiger partial charge in [-0.05, 0) is 54.7 Å². The molecule has 1 heterocycles. The molecule has 5 aromatic rings. The predicted octanol–water partition coefficient (Wildman–Crippen LogP) is 6.91. The minimum absolute atomic E-state index is 0.295. The predicted molar refractivity (Wildman–Crippen MR) is 137 cm³/mol. The van der Waals surface area contributed by atoms with Crippen molar-refractivity contribution in [1.82, 2.24) is 9.97 Å². The first-order chi connectivity index (χ1) is 16.2. The molecule has 0 saturated carbocycles. The van der Waals surface area contributed by atoms with E-state index in [4.69, 9.17) is 22.2 Å². The number of nitrogens with zero attached hydrogens (tertiary/aromatic N) is 2. The summed E-state index contributed by atoms with van der Waals surface area (Å²) in [4.78, 5) is 9.92. The second-order valence-corrected chi connectivity index (χ2v) is 7.85. The molecule has 160 valence electrons. The molecule has 0 spiro atoms. The van der Waals surface area contributed by atoms with E-state index in [1.165, 1.54) is 12.1 Å². The Kier molecular flexibility index (Phi) is 5.74. The van der Waals surface area contributed by atoms with Gasteiger partial charge in [0.15, 0.2) is 5.11 Å². The fourth-order valence-corrected chi connectivity index (χ4v) is 3.79. The summed E-state index contributed by atoms with van der Waals surface area (Å²) < 4.78 is 13.1. The number of halogens is 1. The lowest BCUT2D eigenvalue weighted by Gasteiger charge is -2.13. The molecule has 0 aliphatic carbocycles. The van der Waals surface area contributed by atoms with Crippen LogP contribution < -0.4 is 10.6 Å². The zero-order chi connectivity index (χ0) is 22.6. The van der Waals surface area contributed by atoms with E-state index in [9.17, 15) is 4.39 Å². The lowest BCUT2D eigenvalue weighted by molar-refractivity contribution is 0.628. The van der Waals surface area contributed by atoms with Gasteiger partial charge in [0, 0.05) is 22.5 Å². The van der Waals surface area contributed by atoms with Crippen LogP contribution in [0.4, 0.5) is 15.8 Å². The normalized spacial score (nSPS) is 10.7. The van der Waals surface area contributed by atoms with Crippen LogP contribution in [-0.2, 0) is 0 Å². The van der Waals surface area contributed by atoms with Gasteiger partial charge in [-0.3, -0.25) is 0 Å². The molecule has 0 amide bonds. The van der Waals surface area contributed by atoms with E-state index < -0.39 is 0 Å². The quantitative estimate of drug-likeness (QED) is 0.291. The van der Waals surface area contributed by atoms with E-state index in [2.05, 4.69) is 10.6 Å². The monoisotopic (exact) mass is 450 g/mol. The highest BCUT2D eigenvalue weighted by Crippen LogP contribution is 2.31. The minimum atomic E-state index is -0.295. The van der Waals surface area contributed by atoms with Gasteiger partial charge in [-0.2, -0.15) is 0 Å². The molecule has 0 unspecified atom stereocenters. The van der Waals surface area contributed by atoms with Crippen LogP contribution in [0.3, 0.4) is 0 Å². The zero-order valence-corrected chi connectivity index (χ0v) is 18.3. The fraction of sp³-hybridized carbons (Fsp3) is 0. The van der Waals surface area contributed by atoms with Crippen molar-refractivity contribution >= 4 is 39.7 Å². The first kappa shape index (κ1) is 20.7. The first-order valence-corrected chi connectivity index (χ1v) is 10.8. The van der Waals surface area contributed by atoms with Crippen LogP contribution in [0.1, 0.15) is 0 Å². The Bertz CT molecular complexity index is 1420. The molecule has 5 rings (SSSR count). The van der Waals surface area contributed by atoms with Gasteiger partial charge in [0.2, 0.25) is 0 Å². The Labute approximate surface area is 196 Å².